The molecule has 2 aromatic heterocycles. The number of amides is 1. The van der Waals surface area contributed by atoms with E-state index in [9.17, 15) is 4.79 Å². The second-order valence-corrected chi connectivity index (χ2v) is 7.58. The van der Waals surface area contributed by atoms with Gasteiger partial charge in [0.25, 0.3) is 5.91 Å². The van der Waals surface area contributed by atoms with Crippen LogP contribution in [0.3, 0.4) is 0 Å². The van der Waals surface area contributed by atoms with Crippen LogP contribution in [-0.4, -0.2) is 50.5 Å². The van der Waals surface area contributed by atoms with E-state index < -0.39 is 0 Å². The van der Waals surface area contributed by atoms with Crippen molar-refractivity contribution in [3.63, 3.8) is 0 Å². The largest absolute Gasteiger partial charge is 0.477 e. The lowest BCUT2D eigenvalue weighted by Crippen LogP contribution is -2.42. The fourth-order valence-electron chi connectivity index (χ4n) is 3.63. The third kappa shape index (κ3) is 4.45. The number of piperidine rings is 1. The van der Waals surface area contributed by atoms with Crippen LogP contribution < -0.4 is 4.74 Å². The van der Waals surface area contributed by atoms with Gasteiger partial charge in [-0.25, -0.2) is 4.98 Å². The van der Waals surface area contributed by atoms with Gasteiger partial charge in [-0.05, 0) is 44.4 Å². The van der Waals surface area contributed by atoms with Crippen LogP contribution in [0, 0.1) is 19.8 Å². The molecule has 7 nitrogen and oxygen atoms in total. The van der Waals surface area contributed by atoms with Crippen molar-refractivity contribution in [3.8, 4) is 11.6 Å². The number of carbonyl (C=O) groups is 1. The van der Waals surface area contributed by atoms with E-state index in [2.05, 4.69) is 15.2 Å². The van der Waals surface area contributed by atoms with Crippen LogP contribution in [-0.2, 0) is 0 Å². The third-order valence-electron chi connectivity index (χ3n) is 5.17. The first-order valence-corrected chi connectivity index (χ1v) is 9.92. The maximum absolute atomic E-state index is 13.3. The Bertz CT molecular complexity index is 969. The van der Waals surface area contributed by atoms with Crippen molar-refractivity contribution in [2.45, 2.75) is 26.7 Å². The van der Waals surface area contributed by atoms with E-state index in [4.69, 9.17) is 4.74 Å². The van der Waals surface area contributed by atoms with E-state index in [0.29, 0.717) is 30.3 Å². The van der Waals surface area contributed by atoms with Gasteiger partial charge in [-0.15, -0.1) is 0 Å². The number of benzene rings is 1. The zero-order valence-electron chi connectivity index (χ0n) is 16.8. The van der Waals surface area contributed by atoms with Crippen LogP contribution in [0.2, 0.25) is 0 Å². The molecule has 3 aromatic rings. The second-order valence-electron chi connectivity index (χ2n) is 7.58. The summed E-state index contributed by atoms with van der Waals surface area (Å²) in [5.41, 5.74) is 3.47. The number of ether oxygens (including phenoxy) is 1. The molecular formula is C22H25N5O2. The van der Waals surface area contributed by atoms with Crippen LogP contribution in [0.5, 0.6) is 5.88 Å². The lowest BCUT2D eigenvalue weighted by atomic mass is 9.97. The molecule has 4 rings (SSSR count). The molecule has 0 aliphatic carbocycles. The molecule has 0 radical (unpaired) electrons. The van der Waals surface area contributed by atoms with Crippen LogP contribution in [0.15, 0.2) is 48.9 Å². The van der Waals surface area contributed by atoms with E-state index in [0.717, 1.165) is 30.5 Å². The van der Waals surface area contributed by atoms with Crippen molar-refractivity contribution in [2.24, 2.45) is 5.92 Å². The molecule has 1 amide bonds. The molecule has 150 valence electrons. The summed E-state index contributed by atoms with van der Waals surface area (Å²) in [5.74, 6) is 0.927. The molecule has 29 heavy (non-hydrogen) atoms. The molecule has 0 N–H and O–H groups in total. The van der Waals surface area contributed by atoms with Crippen molar-refractivity contribution in [1.82, 2.24) is 24.9 Å². The first-order valence-electron chi connectivity index (χ1n) is 9.92. The Labute approximate surface area is 170 Å². The minimum absolute atomic E-state index is 0.0131. The Hall–Kier alpha value is -3.22. The van der Waals surface area contributed by atoms with Gasteiger partial charge in [-0.1, -0.05) is 17.7 Å². The minimum atomic E-state index is 0.0131. The van der Waals surface area contributed by atoms with Gasteiger partial charge in [0.2, 0.25) is 5.88 Å². The molecular weight excluding hydrogens is 366 g/mol. The summed E-state index contributed by atoms with van der Waals surface area (Å²) in [6.45, 7) is 5.96. The highest BCUT2D eigenvalue weighted by Crippen LogP contribution is 2.23. The SMILES string of the molecule is Cc1ccc(OCC2CCCN(C(=O)c3cc(C)ccc3-n3nccn3)C2)nc1. The molecule has 0 spiro atoms. The standard InChI is InChI=1S/C22H25N5O2/c1-16-5-7-20(27-24-9-10-25-27)19(12-16)22(28)26-11-3-4-18(14-26)15-29-21-8-6-17(2)13-23-21/h5-10,12-13,18H,3-4,11,14-15H2,1-2H3. The normalized spacial score (nSPS) is 16.6. The molecule has 1 unspecified atom stereocenters. The van der Waals surface area contributed by atoms with Crippen molar-refractivity contribution in [2.75, 3.05) is 19.7 Å². The number of likely N-dealkylation sites (tertiary alicyclic amines) is 1. The van der Waals surface area contributed by atoms with Crippen LogP contribution in [0.4, 0.5) is 0 Å². The zero-order valence-corrected chi connectivity index (χ0v) is 16.8. The molecule has 3 heterocycles. The second kappa shape index (κ2) is 8.43. The van der Waals surface area contributed by atoms with E-state index in [1.165, 1.54) is 4.80 Å². The summed E-state index contributed by atoms with van der Waals surface area (Å²) >= 11 is 0. The minimum Gasteiger partial charge on any atom is -0.477 e. The summed E-state index contributed by atoms with van der Waals surface area (Å²) in [7, 11) is 0. The number of nitrogens with zero attached hydrogens (tertiary/aromatic N) is 5. The summed E-state index contributed by atoms with van der Waals surface area (Å²) in [6, 6.07) is 9.66. The average molecular weight is 391 g/mol. The number of hydrogen-bond acceptors (Lipinski definition) is 5. The highest BCUT2D eigenvalue weighted by atomic mass is 16.5. The van der Waals surface area contributed by atoms with Gasteiger partial charge < -0.3 is 9.64 Å². The number of rotatable bonds is 5. The van der Waals surface area contributed by atoms with Gasteiger partial charge in [-0.2, -0.15) is 15.0 Å². The highest BCUT2D eigenvalue weighted by molar-refractivity contribution is 5.98. The first-order chi connectivity index (χ1) is 14.1. The Morgan fingerprint density at radius 1 is 1.14 bits per heavy atom. The predicted molar refractivity (Wildman–Crippen MR) is 109 cm³/mol. The van der Waals surface area contributed by atoms with Crippen LogP contribution >= 0.6 is 0 Å². The number of hydrogen-bond donors (Lipinski definition) is 0. The van der Waals surface area contributed by atoms with Gasteiger partial charge in [0.05, 0.1) is 30.3 Å². The topological polar surface area (TPSA) is 73.1 Å². The maximum Gasteiger partial charge on any atom is 0.256 e. The molecule has 1 saturated heterocycles. The van der Waals surface area contributed by atoms with E-state index >= 15 is 0 Å². The number of aromatic nitrogens is 4. The Kier molecular flexibility index (Phi) is 5.55. The molecule has 0 bridgehead atoms. The lowest BCUT2D eigenvalue weighted by Gasteiger charge is -2.33. The van der Waals surface area contributed by atoms with Crippen molar-refractivity contribution in [3.05, 3.63) is 65.6 Å². The Morgan fingerprint density at radius 3 is 2.69 bits per heavy atom. The zero-order chi connectivity index (χ0) is 20.2. The van der Waals surface area contributed by atoms with Crippen molar-refractivity contribution < 1.29 is 9.53 Å². The fourth-order valence-corrected chi connectivity index (χ4v) is 3.63. The molecule has 0 saturated carbocycles. The summed E-state index contributed by atoms with van der Waals surface area (Å²) in [6.07, 6.45) is 7.02. The average Bonchev–Trinajstić information content (AvgIpc) is 3.28. The van der Waals surface area contributed by atoms with Gasteiger partial charge in [0.15, 0.2) is 0 Å². The molecule has 7 heteroatoms. The molecule has 1 fully saturated rings. The van der Waals surface area contributed by atoms with E-state index in [1.807, 2.05) is 49.1 Å². The number of pyridine rings is 1. The number of carbonyl (C=O) groups excluding carboxylic acids is 1. The van der Waals surface area contributed by atoms with Crippen LogP contribution in [0.1, 0.15) is 34.3 Å². The lowest BCUT2D eigenvalue weighted by molar-refractivity contribution is 0.0631. The van der Waals surface area contributed by atoms with Gasteiger partial charge in [0.1, 0.15) is 0 Å². The van der Waals surface area contributed by atoms with Gasteiger partial charge in [-0.3, -0.25) is 4.79 Å². The quantitative estimate of drug-likeness (QED) is 0.668. The van der Waals surface area contributed by atoms with E-state index in [-0.39, 0.29) is 11.8 Å². The van der Waals surface area contributed by atoms with E-state index in [1.54, 1.807) is 18.6 Å². The third-order valence-corrected chi connectivity index (χ3v) is 5.17. The summed E-state index contributed by atoms with van der Waals surface area (Å²) < 4.78 is 5.86. The highest BCUT2D eigenvalue weighted by Gasteiger charge is 2.27. The molecule has 1 aromatic carbocycles. The maximum atomic E-state index is 13.3. The number of aryl methyl sites for hydroxylation is 2. The van der Waals surface area contributed by atoms with Crippen molar-refractivity contribution >= 4 is 5.91 Å². The molecule has 1 aliphatic heterocycles. The Balaban J connectivity index is 1.46. The van der Waals surface area contributed by atoms with Gasteiger partial charge in [0, 0.05) is 31.3 Å². The molecule has 1 aliphatic rings. The van der Waals surface area contributed by atoms with Crippen molar-refractivity contribution in [1.29, 1.82) is 0 Å². The van der Waals surface area contributed by atoms with Gasteiger partial charge >= 0.3 is 0 Å². The monoisotopic (exact) mass is 391 g/mol. The predicted octanol–water partition coefficient (Wildman–Crippen LogP) is 3.21. The fraction of sp³-hybridized carbons (Fsp3) is 0.364. The smallest absolute Gasteiger partial charge is 0.256 e. The Morgan fingerprint density at radius 2 is 1.93 bits per heavy atom. The first kappa shape index (κ1) is 19.1. The van der Waals surface area contributed by atoms with Crippen LogP contribution in [0.25, 0.3) is 5.69 Å². The summed E-state index contributed by atoms with van der Waals surface area (Å²) in [5, 5.41) is 8.39. The molecule has 1 atom stereocenters. The summed E-state index contributed by atoms with van der Waals surface area (Å²) in [4.78, 5) is 21.0.